The van der Waals surface area contributed by atoms with E-state index in [2.05, 4.69) is 0 Å². The van der Waals surface area contributed by atoms with Crippen molar-refractivity contribution in [3.63, 3.8) is 0 Å². The van der Waals surface area contributed by atoms with E-state index < -0.39 is 30.9 Å². The number of esters is 2. The van der Waals surface area contributed by atoms with Gasteiger partial charge in [0.25, 0.3) is 0 Å². The molecule has 0 unspecified atom stereocenters. The van der Waals surface area contributed by atoms with Crippen molar-refractivity contribution in [3.05, 3.63) is 83.9 Å². The standard InChI is InChI=1S/C21H18O5/c22-19(15-25-20(23)13-11-17-7-3-1-4-8-17)16-26-21(24)14-12-18-9-5-2-6-10-18/h1-14H,15-16H2. The molecule has 0 aliphatic carbocycles. The smallest absolute Gasteiger partial charge is 0.331 e. The van der Waals surface area contributed by atoms with E-state index in [9.17, 15) is 14.4 Å². The third-order valence-electron chi connectivity index (χ3n) is 3.17. The molecule has 0 atom stereocenters. The van der Waals surface area contributed by atoms with Gasteiger partial charge in [-0.1, -0.05) is 60.7 Å². The largest absolute Gasteiger partial charge is 0.454 e. The Balaban J connectivity index is 1.67. The van der Waals surface area contributed by atoms with Gasteiger partial charge in [-0.15, -0.1) is 0 Å². The SMILES string of the molecule is O=C(COC(=O)C=Cc1ccccc1)COC(=O)C=Cc1ccccc1. The Hall–Kier alpha value is -3.47. The minimum Gasteiger partial charge on any atom is -0.454 e. The van der Waals surface area contributed by atoms with Crippen molar-refractivity contribution in [1.29, 1.82) is 0 Å². The maximum atomic E-state index is 11.6. The molecule has 0 spiro atoms. The molecular weight excluding hydrogens is 332 g/mol. The molecule has 5 nitrogen and oxygen atoms in total. The number of benzene rings is 2. The predicted octanol–water partition coefficient (Wildman–Crippen LogP) is 3.07. The Morgan fingerprint density at radius 1 is 0.654 bits per heavy atom. The van der Waals surface area contributed by atoms with E-state index in [1.165, 1.54) is 12.2 Å². The van der Waals surface area contributed by atoms with Crippen LogP contribution in [0.4, 0.5) is 0 Å². The number of carbonyl (C=O) groups is 3. The zero-order valence-corrected chi connectivity index (χ0v) is 14.0. The molecule has 0 aliphatic heterocycles. The van der Waals surface area contributed by atoms with E-state index in [0.29, 0.717) is 0 Å². The lowest BCUT2D eigenvalue weighted by Crippen LogP contribution is -2.19. The van der Waals surface area contributed by atoms with Crippen molar-refractivity contribution >= 4 is 29.9 Å². The van der Waals surface area contributed by atoms with Crippen molar-refractivity contribution in [2.45, 2.75) is 0 Å². The van der Waals surface area contributed by atoms with Gasteiger partial charge in [0.1, 0.15) is 0 Å². The molecule has 2 aromatic carbocycles. The highest BCUT2D eigenvalue weighted by Crippen LogP contribution is 2.02. The second-order valence-electron chi connectivity index (χ2n) is 5.24. The zero-order chi connectivity index (χ0) is 18.6. The first-order valence-electron chi connectivity index (χ1n) is 7.95. The van der Waals surface area contributed by atoms with E-state index >= 15 is 0 Å². The quantitative estimate of drug-likeness (QED) is 0.540. The summed E-state index contributed by atoms with van der Waals surface area (Å²) in [4.78, 5) is 34.7. The monoisotopic (exact) mass is 350 g/mol. The number of ketones is 1. The normalized spacial score (nSPS) is 10.8. The molecule has 0 N–H and O–H groups in total. The summed E-state index contributed by atoms with van der Waals surface area (Å²) >= 11 is 0. The van der Waals surface area contributed by atoms with Crippen molar-refractivity contribution in [2.75, 3.05) is 13.2 Å². The first-order valence-corrected chi connectivity index (χ1v) is 7.95. The maximum Gasteiger partial charge on any atom is 0.331 e. The Morgan fingerprint density at radius 2 is 1.04 bits per heavy atom. The number of carbonyl (C=O) groups excluding carboxylic acids is 3. The summed E-state index contributed by atoms with van der Waals surface area (Å²) in [5, 5.41) is 0. The number of ether oxygens (including phenoxy) is 2. The van der Waals surface area contributed by atoms with E-state index in [0.717, 1.165) is 11.1 Å². The third kappa shape index (κ3) is 7.40. The van der Waals surface area contributed by atoms with Crippen molar-refractivity contribution in [1.82, 2.24) is 0 Å². The van der Waals surface area contributed by atoms with Crippen LogP contribution in [0.5, 0.6) is 0 Å². The number of hydrogen-bond donors (Lipinski definition) is 0. The maximum absolute atomic E-state index is 11.6. The zero-order valence-electron chi connectivity index (χ0n) is 14.0. The highest BCUT2D eigenvalue weighted by molar-refractivity contribution is 5.92. The highest BCUT2D eigenvalue weighted by atomic mass is 16.6. The highest BCUT2D eigenvalue weighted by Gasteiger charge is 2.08. The molecule has 0 heterocycles. The van der Waals surface area contributed by atoms with Crippen LogP contribution in [0.1, 0.15) is 11.1 Å². The lowest BCUT2D eigenvalue weighted by atomic mass is 10.2. The predicted molar refractivity (Wildman–Crippen MR) is 97.9 cm³/mol. The van der Waals surface area contributed by atoms with Crippen LogP contribution in [0, 0.1) is 0 Å². The van der Waals surface area contributed by atoms with Gasteiger partial charge in [0.05, 0.1) is 0 Å². The summed E-state index contributed by atoms with van der Waals surface area (Å²) in [5.41, 5.74) is 1.69. The fourth-order valence-electron chi connectivity index (χ4n) is 1.90. The number of Topliss-reactive ketones (excluding diaryl/α,β-unsaturated/α-hetero) is 1. The summed E-state index contributed by atoms with van der Waals surface area (Å²) in [6, 6.07) is 18.4. The Labute approximate surface area is 151 Å². The van der Waals surface area contributed by atoms with E-state index in [1.807, 2.05) is 60.7 Å². The van der Waals surface area contributed by atoms with Gasteiger partial charge in [0, 0.05) is 12.2 Å². The van der Waals surface area contributed by atoms with Crippen molar-refractivity contribution in [2.24, 2.45) is 0 Å². The summed E-state index contributed by atoms with van der Waals surface area (Å²) in [7, 11) is 0. The second-order valence-corrected chi connectivity index (χ2v) is 5.24. The molecular formula is C21H18O5. The average Bonchev–Trinajstić information content (AvgIpc) is 2.69. The Kier molecular flexibility index (Phi) is 7.55. The molecule has 0 aliphatic rings. The summed E-state index contributed by atoms with van der Waals surface area (Å²) < 4.78 is 9.61. The first kappa shape index (κ1) is 18.9. The summed E-state index contributed by atoms with van der Waals surface area (Å²) in [6.45, 7) is -0.902. The molecule has 2 aromatic rings. The molecule has 0 amide bonds. The van der Waals surface area contributed by atoms with Crippen LogP contribution in [0.15, 0.2) is 72.8 Å². The molecule has 0 bridgehead atoms. The number of rotatable bonds is 8. The van der Waals surface area contributed by atoms with Gasteiger partial charge in [-0.3, -0.25) is 4.79 Å². The molecule has 0 saturated carbocycles. The Bertz CT molecular complexity index is 724. The van der Waals surface area contributed by atoms with Crippen molar-refractivity contribution in [3.8, 4) is 0 Å². The van der Waals surface area contributed by atoms with E-state index in [-0.39, 0.29) is 0 Å². The van der Waals surface area contributed by atoms with Crippen LogP contribution in [-0.2, 0) is 23.9 Å². The van der Waals surface area contributed by atoms with Gasteiger partial charge in [-0.2, -0.15) is 0 Å². The fraction of sp³-hybridized carbons (Fsp3) is 0.0952. The lowest BCUT2D eigenvalue weighted by molar-refractivity contribution is -0.148. The molecule has 0 saturated heterocycles. The Morgan fingerprint density at radius 3 is 1.42 bits per heavy atom. The average molecular weight is 350 g/mol. The van der Waals surface area contributed by atoms with E-state index in [1.54, 1.807) is 12.2 Å². The van der Waals surface area contributed by atoms with Gasteiger partial charge in [0.15, 0.2) is 13.2 Å². The van der Waals surface area contributed by atoms with Gasteiger partial charge in [-0.25, -0.2) is 9.59 Å². The van der Waals surface area contributed by atoms with Crippen LogP contribution in [0.25, 0.3) is 12.2 Å². The molecule has 0 radical (unpaired) electrons. The van der Waals surface area contributed by atoms with Gasteiger partial charge >= 0.3 is 11.9 Å². The van der Waals surface area contributed by atoms with Crippen molar-refractivity contribution < 1.29 is 23.9 Å². The minimum absolute atomic E-state index is 0.451. The first-order chi connectivity index (χ1) is 12.6. The topological polar surface area (TPSA) is 69.7 Å². The molecule has 2 rings (SSSR count). The molecule has 0 fully saturated rings. The lowest BCUT2D eigenvalue weighted by Gasteiger charge is -2.02. The molecule has 132 valence electrons. The van der Waals surface area contributed by atoms with Crippen LogP contribution in [-0.4, -0.2) is 30.9 Å². The molecule has 26 heavy (non-hydrogen) atoms. The second kappa shape index (κ2) is 10.4. The summed E-state index contributed by atoms with van der Waals surface area (Å²) in [5.74, 6) is -1.79. The molecule has 5 heteroatoms. The fourth-order valence-corrected chi connectivity index (χ4v) is 1.90. The van der Waals surface area contributed by atoms with Crippen LogP contribution < -0.4 is 0 Å². The van der Waals surface area contributed by atoms with E-state index in [4.69, 9.17) is 9.47 Å². The third-order valence-corrected chi connectivity index (χ3v) is 3.17. The summed E-state index contributed by atoms with van der Waals surface area (Å²) in [6.07, 6.45) is 5.64. The van der Waals surface area contributed by atoms with Crippen LogP contribution in [0.3, 0.4) is 0 Å². The van der Waals surface area contributed by atoms with Gasteiger partial charge < -0.3 is 9.47 Å². The van der Waals surface area contributed by atoms with Gasteiger partial charge in [-0.05, 0) is 23.3 Å². The number of hydrogen-bond acceptors (Lipinski definition) is 5. The molecule has 0 aromatic heterocycles. The van der Waals surface area contributed by atoms with Gasteiger partial charge in [0.2, 0.25) is 5.78 Å². The minimum atomic E-state index is -0.641. The van der Waals surface area contributed by atoms with Crippen LogP contribution >= 0.6 is 0 Å². The van der Waals surface area contributed by atoms with Crippen LogP contribution in [0.2, 0.25) is 0 Å².